The van der Waals surface area contributed by atoms with Crippen molar-refractivity contribution in [2.45, 2.75) is 40.5 Å². The second-order valence-corrected chi connectivity index (χ2v) is 6.14. The van der Waals surface area contributed by atoms with Crippen LogP contribution in [0.25, 0.3) is 0 Å². The highest BCUT2D eigenvalue weighted by Gasteiger charge is 2.46. The van der Waals surface area contributed by atoms with Crippen LogP contribution in [-0.2, 0) is 19.1 Å². The van der Waals surface area contributed by atoms with Crippen LogP contribution in [0.1, 0.15) is 40.5 Å². The fourth-order valence-corrected chi connectivity index (χ4v) is 3.36. The molecule has 2 bridgehead atoms. The van der Waals surface area contributed by atoms with Crippen LogP contribution in [0.4, 0.5) is 0 Å². The first-order valence-electron chi connectivity index (χ1n) is 7.66. The van der Waals surface area contributed by atoms with E-state index >= 15 is 0 Å². The van der Waals surface area contributed by atoms with Crippen LogP contribution in [-0.4, -0.2) is 25.2 Å². The number of carbonyl (C=O) groups excluding carboxylic acids is 2. The topological polar surface area (TPSA) is 52.6 Å². The van der Waals surface area contributed by atoms with Crippen molar-refractivity contribution in [3.8, 4) is 0 Å². The molecule has 4 heteroatoms. The van der Waals surface area contributed by atoms with Crippen molar-refractivity contribution in [2.24, 2.45) is 17.3 Å². The standard InChI is InChI=1S/C17H24O4/c1-5-20-15(18)11-9-12-7-8-13(16(19)21-6-2)14(10-11)17(12,3)4/h8-9,11,14H,5-7,10H2,1-4H3. The molecule has 0 spiro atoms. The molecule has 2 aliphatic carbocycles. The lowest BCUT2D eigenvalue weighted by atomic mass is 9.59. The van der Waals surface area contributed by atoms with Crippen LogP contribution in [0.2, 0.25) is 0 Å². The van der Waals surface area contributed by atoms with Gasteiger partial charge in [-0.1, -0.05) is 31.6 Å². The predicted molar refractivity (Wildman–Crippen MR) is 79.4 cm³/mol. The van der Waals surface area contributed by atoms with Crippen LogP contribution in [0.5, 0.6) is 0 Å². The smallest absolute Gasteiger partial charge is 0.333 e. The monoisotopic (exact) mass is 292 g/mol. The van der Waals surface area contributed by atoms with Gasteiger partial charge in [-0.25, -0.2) is 4.79 Å². The zero-order valence-corrected chi connectivity index (χ0v) is 13.3. The normalized spacial score (nSPS) is 26.5. The molecule has 116 valence electrons. The summed E-state index contributed by atoms with van der Waals surface area (Å²) in [6.45, 7) is 8.64. The zero-order valence-electron chi connectivity index (χ0n) is 13.3. The molecule has 2 unspecified atom stereocenters. The van der Waals surface area contributed by atoms with E-state index in [9.17, 15) is 9.59 Å². The predicted octanol–water partition coefficient (Wildman–Crippen LogP) is 3.03. The van der Waals surface area contributed by atoms with Crippen molar-refractivity contribution in [1.29, 1.82) is 0 Å². The second kappa shape index (κ2) is 6.04. The zero-order chi connectivity index (χ0) is 15.6. The fourth-order valence-electron chi connectivity index (χ4n) is 3.36. The summed E-state index contributed by atoms with van der Waals surface area (Å²) in [4.78, 5) is 24.2. The van der Waals surface area contributed by atoms with Crippen molar-refractivity contribution < 1.29 is 19.1 Å². The van der Waals surface area contributed by atoms with Crippen molar-refractivity contribution in [3.05, 3.63) is 23.3 Å². The molecule has 0 saturated carbocycles. The number of carbonyl (C=O) groups is 2. The molecule has 0 heterocycles. The van der Waals surface area contributed by atoms with E-state index in [2.05, 4.69) is 13.8 Å². The maximum atomic E-state index is 12.2. The minimum atomic E-state index is -0.254. The van der Waals surface area contributed by atoms with E-state index in [1.165, 1.54) is 5.57 Å². The van der Waals surface area contributed by atoms with Gasteiger partial charge in [0.15, 0.2) is 0 Å². The maximum absolute atomic E-state index is 12.2. The molecule has 0 radical (unpaired) electrons. The summed E-state index contributed by atoms with van der Waals surface area (Å²) in [7, 11) is 0. The number of fused-ring (bicyclic) bond motifs is 2. The molecular weight excluding hydrogens is 268 g/mol. The highest BCUT2D eigenvalue weighted by atomic mass is 16.5. The SMILES string of the molecule is CCOC(=O)C1=CCC2=CC(C(=O)OCC)CC1C2(C)C. The van der Waals surface area contributed by atoms with Gasteiger partial charge in [0, 0.05) is 11.5 Å². The van der Waals surface area contributed by atoms with Gasteiger partial charge in [0.2, 0.25) is 0 Å². The number of hydrogen-bond acceptors (Lipinski definition) is 4. The summed E-state index contributed by atoms with van der Waals surface area (Å²) in [5, 5.41) is 0. The molecule has 0 aromatic rings. The molecule has 2 rings (SSSR count). The Hall–Kier alpha value is -1.58. The molecule has 2 atom stereocenters. The lowest BCUT2D eigenvalue weighted by Crippen LogP contribution is -2.40. The first kappa shape index (κ1) is 15.8. The van der Waals surface area contributed by atoms with E-state index in [1.807, 2.05) is 19.1 Å². The van der Waals surface area contributed by atoms with Gasteiger partial charge in [-0.2, -0.15) is 0 Å². The molecule has 4 nitrogen and oxygen atoms in total. The van der Waals surface area contributed by atoms with E-state index in [4.69, 9.17) is 9.47 Å². The third-order valence-electron chi connectivity index (χ3n) is 4.61. The van der Waals surface area contributed by atoms with Crippen LogP contribution >= 0.6 is 0 Å². The van der Waals surface area contributed by atoms with Gasteiger partial charge >= 0.3 is 11.9 Å². The van der Waals surface area contributed by atoms with Crippen LogP contribution in [0.15, 0.2) is 23.3 Å². The van der Waals surface area contributed by atoms with Crippen LogP contribution in [0, 0.1) is 17.3 Å². The molecule has 0 aromatic heterocycles. The van der Waals surface area contributed by atoms with Gasteiger partial charge in [0.05, 0.1) is 19.1 Å². The van der Waals surface area contributed by atoms with Crippen LogP contribution < -0.4 is 0 Å². The van der Waals surface area contributed by atoms with Crippen molar-refractivity contribution in [3.63, 3.8) is 0 Å². The molecule has 0 fully saturated rings. The Bertz CT molecular complexity index is 499. The Kier molecular flexibility index (Phi) is 4.55. The minimum Gasteiger partial charge on any atom is -0.466 e. The molecule has 0 N–H and O–H groups in total. The number of ether oxygens (including phenoxy) is 2. The summed E-state index contributed by atoms with van der Waals surface area (Å²) in [6, 6.07) is 0. The van der Waals surface area contributed by atoms with Crippen molar-refractivity contribution in [2.75, 3.05) is 13.2 Å². The number of hydrogen-bond donors (Lipinski definition) is 0. The van der Waals surface area contributed by atoms with E-state index < -0.39 is 0 Å². The maximum Gasteiger partial charge on any atom is 0.333 e. The van der Waals surface area contributed by atoms with Crippen LogP contribution in [0.3, 0.4) is 0 Å². The Morgan fingerprint density at radius 3 is 2.52 bits per heavy atom. The Labute approximate surface area is 126 Å². The van der Waals surface area contributed by atoms with Gasteiger partial charge in [-0.15, -0.1) is 0 Å². The summed E-state index contributed by atoms with van der Waals surface area (Å²) in [5.41, 5.74) is 1.82. The fraction of sp³-hybridized carbons (Fsp3) is 0.647. The van der Waals surface area contributed by atoms with Gasteiger partial charge in [-0.3, -0.25) is 4.79 Å². The first-order chi connectivity index (χ1) is 9.91. The molecule has 21 heavy (non-hydrogen) atoms. The average molecular weight is 292 g/mol. The number of esters is 2. The largest absolute Gasteiger partial charge is 0.466 e. The van der Waals surface area contributed by atoms with E-state index in [0.29, 0.717) is 31.6 Å². The lowest BCUT2D eigenvalue weighted by molar-refractivity contribution is -0.148. The highest BCUT2D eigenvalue weighted by molar-refractivity contribution is 5.90. The minimum absolute atomic E-state index is 0.0136. The van der Waals surface area contributed by atoms with Gasteiger partial charge in [-0.05, 0) is 32.1 Å². The Balaban J connectivity index is 2.30. The van der Waals surface area contributed by atoms with Gasteiger partial charge in [0.25, 0.3) is 0 Å². The first-order valence-corrected chi connectivity index (χ1v) is 7.66. The van der Waals surface area contributed by atoms with E-state index in [-0.39, 0.29) is 29.2 Å². The molecule has 0 amide bonds. The quantitative estimate of drug-likeness (QED) is 0.590. The summed E-state index contributed by atoms with van der Waals surface area (Å²) >= 11 is 0. The molecule has 0 saturated heterocycles. The Morgan fingerprint density at radius 1 is 1.24 bits per heavy atom. The average Bonchev–Trinajstić information content (AvgIpc) is 2.38. The van der Waals surface area contributed by atoms with Gasteiger partial charge in [0.1, 0.15) is 0 Å². The summed E-state index contributed by atoms with van der Waals surface area (Å²) in [5.74, 6) is -0.685. The number of allylic oxidation sites excluding steroid dienone is 2. The Morgan fingerprint density at radius 2 is 1.90 bits per heavy atom. The lowest BCUT2D eigenvalue weighted by Gasteiger charge is -2.45. The molecule has 2 aliphatic rings. The van der Waals surface area contributed by atoms with E-state index in [1.54, 1.807) is 6.92 Å². The number of rotatable bonds is 4. The van der Waals surface area contributed by atoms with E-state index in [0.717, 1.165) is 0 Å². The summed E-state index contributed by atoms with van der Waals surface area (Å²) in [6.07, 6.45) is 5.31. The molecule has 0 aromatic carbocycles. The second-order valence-electron chi connectivity index (χ2n) is 6.14. The van der Waals surface area contributed by atoms with Crippen molar-refractivity contribution in [1.82, 2.24) is 0 Å². The van der Waals surface area contributed by atoms with Crippen molar-refractivity contribution >= 4 is 11.9 Å². The third kappa shape index (κ3) is 2.89. The highest BCUT2D eigenvalue weighted by Crippen LogP contribution is 2.51. The summed E-state index contributed by atoms with van der Waals surface area (Å²) < 4.78 is 10.3. The third-order valence-corrected chi connectivity index (χ3v) is 4.61. The molecule has 0 aliphatic heterocycles. The van der Waals surface area contributed by atoms with Gasteiger partial charge < -0.3 is 9.47 Å². The molecular formula is C17H24O4.